The molecule has 1 aliphatic carbocycles. The lowest BCUT2D eigenvalue weighted by atomic mass is 9.96. The number of fused-ring (bicyclic) bond motifs is 1. The summed E-state index contributed by atoms with van der Waals surface area (Å²) in [6, 6.07) is 0.169. The summed E-state index contributed by atoms with van der Waals surface area (Å²) in [6.07, 6.45) is 5.97. The average Bonchev–Trinajstić information content (AvgIpc) is 2.47. The molecule has 0 aromatic carbocycles. The highest BCUT2D eigenvalue weighted by Gasteiger charge is 2.32. The van der Waals surface area contributed by atoms with Crippen LogP contribution in [0.4, 0.5) is 0 Å². The van der Waals surface area contributed by atoms with Crippen LogP contribution in [0.25, 0.3) is 0 Å². The van der Waals surface area contributed by atoms with Gasteiger partial charge in [-0.3, -0.25) is 0 Å². The third kappa shape index (κ3) is 0.708. The molecule has 4 rings (SSSR count). The minimum atomic E-state index is -0.200. The van der Waals surface area contributed by atoms with Crippen LogP contribution in [0.2, 0.25) is 0 Å². The third-order valence-electron chi connectivity index (χ3n) is 3.14. The number of allylic oxidation sites excluding steroid dienone is 2. The van der Waals surface area contributed by atoms with Crippen molar-refractivity contribution in [3.05, 3.63) is 33.1 Å². The van der Waals surface area contributed by atoms with E-state index in [4.69, 9.17) is 0 Å². The molecule has 2 atom stereocenters. The molecule has 0 saturated heterocycles. The Morgan fingerprint density at radius 1 is 1.07 bits per heavy atom. The summed E-state index contributed by atoms with van der Waals surface area (Å²) in [4.78, 5) is 23.4. The van der Waals surface area contributed by atoms with Crippen molar-refractivity contribution in [2.45, 2.75) is 24.9 Å². The van der Waals surface area contributed by atoms with E-state index < -0.39 is 0 Å². The van der Waals surface area contributed by atoms with Gasteiger partial charge in [-0.15, -0.1) is 0 Å². The summed E-state index contributed by atoms with van der Waals surface area (Å²) in [5.74, 6) is 0. The smallest absolute Gasteiger partial charge is 0.246 e. The first-order valence-corrected chi connectivity index (χ1v) is 4.78. The van der Waals surface area contributed by atoms with Crippen molar-refractivity contribution in [2.75, 3.05) is 0 Å². The molecule has 14 heavy (non-hydrogen) atoms. The van der Waals surface area contributed by atoms with Gasteiger partial charge in [0.2, 0.25) is 0 Å². The zero-order chi connectivity index (χ0) is 9.87. The zero-order valence-corrected chi connectivity index (χ0v) is 7.88. The average molecular weight is 193 g/mol. The second-order valence-corrected chi connectivity index (χ2v) is 3.91. The van der Waals surface area contributed by atoms with E-state index in [0.29, 0.717) is 0 Å². The topological polar surface area (TPSA) is 48.9 Å². The van der Waals surface area contributed by atoms with Crippen molar-refractivity contribution in [1.29, 1.82) is 0 Å². The SMILES string of the molecule is Cn1c(=O)n2n(c1=O)[C@@H]1C=CC2CC1. The summed E-state index contributed by atoms with van der Waals surface area (Å²) in [5.41, 5.74) is -0.400. The Labute approximate surface area is 79.9 Å². The standard InChI is InChI=1S/C9H11N3O2/c1-10-8(13)11-6-2-3-7(5-4-6)12(11)9(10)14/h2-3,6-7H,4-5H2,1H3/t6-,7?/m1/s1. The van der Waals surface area contributed by atoms with Gasteiger partial charge in [-0.1, -0.05) is 12.2 Å². The third-order valence-corrected chi connectivity index (χ3v) is 3.14. The number of aromatic nitrogens is 3. The molecule has 1 aromatic rings. The lowest BCUT2D eigenvalue weighted by molar-refractivity contribution is 0.257. The van der Waals surface area contributed by atoms with Crippen molar-refractivity contribution in [1.82, 2.24) is 13.9 Å². The molecule has 0 fully saturated rings. The molecule has 0 spiro atoms. The van der Waals surface area contributed by atoms with Crippen LogP contribution >= 0.6 is 0 Å². The van der Waals surface area contributed by atoms with Gasteiger partial charge in [-0.25, -0.2) is 23.5 Å². The number of nitrogens with zero attached hydrogens (tertiary/aromatic N) is 3. The molecule has 0 saturated carbocycles. The highest BCUT2D eigenvalue weighted by molar-refractivity contribution is 5.08. The normalized spacial score (nSPS) is 28.1. The van der Waals surface area contributed by atoms with E-state index in [1.807, 2.05) is 12.2 Å². The zero-order valence-electron chi connectivity index (χ0n) is 7.88. The second kappa shape index (κ2) is 2.29. The van der Waals surface area contributed by atoms with Crippen LogP contribution in [0, 0.1) is 0 Å². The predicted molar refractivity (Wildman–Crippen MR) is 50.4 cm³/mol. The first-order valence-electron chi connectivity index (χ1n) is 4.78. The Morgan fingerprint density at radius 2 is 1.50 bits per heavy atom. The minimum Gasteiger partial charge on any atom is -0.246 e. The van der Waals surface area contributed by atoms with Crippen LogP contribution < -0.4 is 11.4 Å². The van der Waals surface area contributed by atoms with Crippen molar-refractivity contribution >= 4 is 0 Å². The van der Waals surface area contributed by atoms with Gasteiger partial charge in [0.15, 0.2) is 0 Å². The second-order valence-electron chi connectivity index (χ2n) is 3.91. The summed E-state index contributed by atoms with van der Waals surface area (Å²) >= 11 is 0. The van der Waals surface area contributed by atoms with Crippen LogP contribution in [0.5, 0.6) is 0 Å². The van der Waals surface area contributed by atoms with E-state index in [-0.39, 0.29) is 23.5 Å². The van der Waals surface area contributed by atoms with Crippen LogP contribution in [-0.4, -0.2) is 13.9 Å². The predicted octanol–water partition coefficient (Wildman–Crippen LogP) is -0.206. The van der Waals surface area contributed by atoms with E-state index in [0.717, 1.165) is 12.8 Å². The van der Waals surface area contributed by atoms with E-state index in [9.17, 15) is 9.59 Å². The molecule has 5 nitrogen and oxygen atoms in total. The lowest BCUT2D eigenvalue weighted by Gasteiger charge is -2.32. The molecule has 0 radical (unpaired) electrons. The molecule has 3 heterocycles. The van der Waals surface area contributed by atoms with Crippen LogP contribution in [-0.2, 0) is 7.05 Å². The molecule has 5 heteroatoms. The van der Waals surface area contributed by atoms with E-state index in [2.05, 4.69) is 0 Å². The first kappa shape index (κ1) is 7.84. The number of hydrogen-bond donors (Lipinski definition) is 0. The molecule has 3 aliphatic rings. The van der Waals surface area contributed by atoms with E-state index in [1.54, 1.807) is 9.36 Å². The van der Waals surface area contributed by atoms with Crippen molar-refractivity contribution in [3.8, 4) is 0 Å². The maximum Gasteiger partial charge on any atom is 0.347 e. The van der Waals surface area contributed by atoms with Crippen molar-refractivity contribution in [3.63, 3.8) is 0 Å². The van der Waals surface area contributed by atoms with Gasteiger partial charge in [-0.2, -0.15) is 0 Å². The van der Waals surface area contributed by atoms with Crippen LogP contribution in [0.3, 0.4) is 0 Å². The molecular weight excluding hydrogens is 182 g/mol. The van der Waals surface area contributed by atoms with Gasteiger partial charge in [0.25, 0.3) is 0 Å². The van der Waals surface area contributed by atoms with Crippen LogP contribution in [0.15, 0.2) is 21.7 Å². The molecule has 2 aliphatic heterocycles. The van der Waals surface area contributed by atoms with E-state index in [1.165, 1.54) is 11.6 Å². The Kier molecular flexibility index (Phi) is 1.28. The molecule has 0 N–H and O–H groups in total. The van der Waals surface area contributed by atoms with Crippen molar-refractivity contribution in [2.24, 2.45) is 7.05 Å². The molecule has 74 valence electrons. The quantitative estimate of drug-likeness (QED) is 0.535. The lowest BCUT2D eigenvalue weighted by Crippen LogP contribution is -2.39. The summed E-state index contributed by atoms with van der Waals surface area (Å²) in [6.45, 7) is 0. The number of hydrogen-bond acceptors (Lipinski definition) is 2. The fourth-order valence-corrected chi connectivity index (χ4v) is 2.37. The highest BCUT2D eigenvalue weighted by Crippen LogP contribution is 2.32. The fraction of sp³-hybridized carbons (Fsp3) is 0.556. The number of rotatable bonds is 0. The van der Waals surface area contributed by atoms with Crippen LogP contribution in [0.1, 0.15) is 24.9 Å². The first-order chi connectivity index (χ1) is 6.70. The Bertz CT molecular complexity index is 486. The summed E-state index contributed by atoms with van der Waals surface area (Å²) < 4.78 is 4.34. The van der Waals surface area contributed by atoms with Gasteiger partial charge >= 0.3 is 11.4 Å². The summed E-state index contributed by atoms with van der Waals surface area (Å²) in [7, 11) is 1.53. The molecule has 1 unspecified atom stereocenters. The molecule has 0 amide bonds. The Balaban J connectivity index is 2.44. The fourth-order valence-electron chi connectivity index (χ4n) is 2.37. The Morgan fingerprint density at radius 3 is 1.86 bits per heavy atom. The largest absolute Gasteiger partial charge is 0.347 e. The van der Waals surface area contributed by atoms with Gasteiger partial charge in [-0.05, 0) is 12.8 Å². The van der Waals surface area contributed by atoms with Gasteiger partial charge in [0, 0.05) is 7.05 Å². The molecule has 1 aromatic heterocycles. The maximum atomic E-state index is 11.7. The van der Waals surface area contributed by atoms with Gasteiger partial charge in [0.1, 0.15) is 0 Å². The summed E-state index contributed by atoms with van der Waals surface area (Å²) in [5, 5.41) is 0. The van der Waals surface area contributed by atoms with Gasteiger partial charge < -0.3 is 0 Å². The monoisotopic (exact) mass is 193 g/mol. The maximum absolute atomic E-state index is 11.7. The highest BCUT2D eigenvalue weighted by atomic mass is 16.2. The van der Waals surface area contributed by atoms with Crippen molar-refractivity contribution < 1.29 is 0 Å². The Hall–Kier alpha value is -1.52. The van der Waals surface area contributed by atoms with Gasteiger partial charge in [0.05, 0.1) is 12.1 Å². The molecular formula is C9H11N3O2. The minimum absolute atomic E-state index is 0.0846. The van der Waals surface area contributed by atoms with E-state index >= 15 is 0 Å². The molecule has 2 bridgehead atoms.